The molecule has 0 radical (unpaired) electrons. The Balaban J connectivity index is 2.30. The van der Waals surface area contributed by atoms with Crippen LogP contribution in [0.3, 0.4) is 0 Å². The SMILES string of the molecule is CCn1c(-c2ccc(Br)cc2O)nc2cnccc21. The number of nitrogens with zero attached hydrogens (tertiary/aromatic N) is 3. The monoisotopic (exact) mass is 317 g/mol. The van der Waals surface area contributed by atoms with Crippen LogP contribution in [0.5, 0.6) is 5.75 Å². The number of pyridine rings is 1. The van der Waals surface area contributed by atoms with E-state index in [4.69, 9.17) is 0 Å². The molecule has 0 saturated heterocycles. The molecule has 5 heteroatoms. The molecule has 0 bridgehead atoms. The summed E-state index contributed by atoms with van der Waals surface area (Å²) < 4.78 is 2.91. The summed E-state index contributed by atoms with van der Waals surface area (Å²) in [6.45, 7) is 2.84. The summed E-state index contributed by atoms with van der Waals surface area (Å²) >= 11 is 3.34. The molecule has 0 unspecified atom stereocenters. The largest absolute Gasteiger partial charge is 0.507 e. The van der Waals surface area contributed by atoms with Gasteiger partial charge in [-0.2, -0.15) is 0 Å². The van der Waals surface area contributed by atoms with E-state index in [0.29, 0.717) is 0 Å². The Bertz CT molecular complexity index is 752. The molecular formula is C14H12BrN3O. The van der Waals surface area contributed by atoms with Crippen molar-refractivity contribution >= 4 is 27.0 Å². The Labute approximate surface area is 118 Å². The predicted octanol–water partition coefficient (Wildman–Crippen LogP) is 3.59. The Hall–Kier alpha value is -1.88. The molecule has 0 amide bonds. The number of rotatable bonds is 2. The van der Waals surface area contributed by atoms with Crippen molar-refractivity contribution in [3.8, 4) is 17.1 Å². The molecule has 3 aromatic rings. The van der Waals surface area contributed by atoms with Gasteiger partial charge in [0.05, 0.1) is 17.3 Å². The van der Waals surface area contributed by atoms with E-state index in [-0.39, 0.29) is 5.75 Å². The summed E-state index contributed by atoms with van der Waals surface area (Å²) in [6.07, 6.45) is 3.49. The van der Waals surface area contributed by atoms with Crippen LogP contribution in [0, 0.1) is 0 Å². The molecule has 2 heterocycles. The van der Waals surface area contributed by atoms with Gasteiger partial charge in [-0.3, -0.25) is 4.98 Å². The van der Waals surface area contributed by atoms with Crippen LogP contribution in [0.2, 0.25) is 0 Å². The van der Waals surface area contributed by atoms with Gasteiger partial charge in [-0.05, 0) is 31.2 Å². The second-order valence-corrected chi connectivity index (χ2v) is 5.12. The van der Waals surface area contributed by atoms with E-state index in [0.717, 1.165) is 33.4 Å². The molecule has 1 aromatic carbocycles. The first-order chi connectivity index (χ1) is 9.20. The van der Waals surface area contributed by atoms with Gasteiger partial charge < -0.3 is 9.67 Å². The van der Waals surface area contributed by atoms with Crippen LogP contribution in [-0.4, -0.2) is 19.6 Å². The minimum atomic E-state index is 0.215. The zero-order chi connectivity index (χ0) is 13.4. The Morgan fingerprint density at radius 1 is 1.32 bits per heavy atom. The number of benzene rings is 1. The third-order valence-electron chi connectivity index (χ3n) is 3.07. The summed E-state index contributed by atoms with van der Waals surface area (Å²) in [5, 5.41) is 10.1. The number of aromatic hydroxyl groups is 1. The molecule has 0 aliphatic carbocycles. The van der Waals surface area contributed by atoms with Crippen molar-refractivity contribution in [2.24, 2.45) is 0 Å². The summed E-state index contributed by atoms with van der Waals surface area (Å²) in [5.74, 6) is 0.975. The van der Waals surface area contributed by atoms with Gasteiger partial charge in [0.2, 0.25) is 0 Å². The number of phenolic OH excluding ortho intramolecular Hbond substituents is 1. The van der Waals surface area contributed by atoms with Crippen LogP contribution < -0.4 is 0 Å². The average molecular weight is 318 g/mol. The molecule has 0 saturated carbocycles. The van der Waals surface area contributed by atoms with Crippen molar-refractivity contribution < 1.29 is 5.11 Å². The first-order valence-corrected chi connectivity index (χ1v) is 6.79. The molecule has 0 aliphatic heterocycles. The zero-order valence-corrected chi connectivity index (χ0v) is 11.9. The molecule has 0 atom stereocenters. The van der Waals surface area contributed by atoms with Crippen LogP contribution >= 0.6 is 15.9 Å². The average Bonchev–Trinajstić information content (AvgIpc) is 2.76. The Morgan fingerprint density at radius 2 is 2.16 bits per heavy atom. The van der Waals surface area contributed by atoms with Crippen molar-refractivity contribution in [3.63, 3.8) is 0 Å². The highest BCUT2D eigenvalue weighted by Crippen LogP contribution is 2.32. The fourth-order valence-electron chi connectivity index (χ4n) is 2.20. The molecule has 3 rings (SSSR count). The van der Waals surface area contributed by atoms with Gasteiger partial charge >= 0.3 is 0 Å². The maximum atomic E-state index is 10.1. The van der Waals surface area contributed by atoms with Crippen LogP contribution in [0.25, 0.3) is 22.4 Å². The van der Waals surface area contributed by atoms with Gasteiger partial charge in [0, 0.05) is 17.2 Å². The Kier molecular flexibility index (Phi) is 2.98. The minimum Gasteiger partial charge on any atom is -0.507 e. The van der Waals surface area contributed by atoms with Gasteiger partial charge in [-0.15, -0.1) is 0 Å². The highest BCUT2D eigenvalue weighted by Gasteiger charge is 2.14. The van der Waals surface area contributed by atoms with Crippen molar-refractivity contribution in [2.75, 3.05) is 0 Å². The number of fused-ring (bicyclic) bond motifs is 1. The summed E-state index contributed by atoms with van der Waals surface area (Å²) in [5.41, 5.74) is 2.58. The second-order valence-electron chi connectivity index (χ2n) is 4.21. The number of hydrogen-bond acceptors (Lipinski definition) is 3. The highest BCUT2D eigenvalue weighted by molar-refractivity contribution is 9.10. The first kappa shape index (κ1) is 12.2. The maximum absolute atomic E-state index is 10.1. The van der Waals surface area contributed by atoms with Gasteiger partial charge in [0.25, 0.3) is 0 Å². The lowest BCUT2D eigenvalue weighted by atomic mass is 10.2. The van der Waals surface area contributed by atoms with Crippen molar-refractivity contribution in [3.05, 3.63) is 41.1 Å². The molecule has 4 nitrogen and oxygen atoms in total. The first-order valence-electron chi connectivity index (χ1n) is 6.00. The fraction of sp³-hybridized carbons (Fsp3) is 0.143. The van der Waals surface area contributed by atoms with E-state index in [9.17, 15) is 5.11 Å². The third-order valence-corrected chi connectivity index (χ3v) is 3.56. The quantitative estimate of drug-likeness (QED) is 0.785. The van der Waals surface area contributed by atoms with Gasteiger partial charge in [0.15, 0.2) is 0 Å². The third kappa shape index (κ3) is 2.00. The smallest absolute Gasteiger partial charge is 0.144 e. The van der Waals surface area contributed by atoms with E-state index < -0.39 is 0 Å². The van der Waals surface area contributed by atoms with Crippen LogP contribution in [0.15, 0.2) is 41.1 Å². The minimum absolute atomic E-state index is 0.215. The molecule has 0 spiro atoms. The van der Waals surface area contributed by atoms with Crippen molar-refractivity contribution in [1.29, 1.82) is 0 Å². The number of phenols is 1. The van der Waals surface area contributed by atoms with Crippen LogP contribution in [0.4, 0.5) is 0 Å². The highest BCUT2D eigenvalue weighted by atomic mass is 79.9. The normalized spacial score (nSPS) is 11.1. The fourth-order valence-corrected chi connectivity index (χ4v) is 2.55. The topological polar surface area (TPSA) is 50.9 Å². The van der Waals surface area contributed by atoms with E-state index in [1.54, 1.807) is 18.5 Å². The predicted molar refractivity (Wildman–Crippen MR) is 78.0 cm³/mol. The van der Waals surface area contributed by atoms with Crippen molar-refractivity contribution in [1.82, 2.24) is 14.5 Å². The standard InChI is InChI=1S/C14H12BrN3O/c1-2-18-12-5-6-16-8-11(12)17-14(18)10-4-3-9(15)7-13(10)19/h3-8,19H,2H2,1H3. The molecule has 96 valence electrons. The number of aromatic nitrogens is 3. The molecule has 19 heavy (non-hydrogen) atoms. The summed E-state index contributed by atoms with van der Waals surface area (Å²) in [7, 11) is 0. The van der Waals surface area contributed by atoms with Crippen LogP contribution in [0.1, 0.15) is 6.92 Å². The van der Waals surface area contributed by atoms with E-state index in [2.05, 4.69) is 37.4 Å². The molecule has 0 aliphatic rings. The number of halogens is 1. The van der Waals surface area contributed by atoms with Gasteiger partial charge in [0.1, 0.15) is 17.1 Å². The number of hydrogen-bond donors (Lipinski definition) is 1. The maximum Gasteiger partial charge on any atom is 0.144 e. The lowest BCUT2D eigenvalue weighted by molar-refractivity contribution is 0.476. The van der Waals surface area contributed by atoms with Gasteiger partial charge in [-0.1, -0.05) is 15.9 Å². The van der Waals surface area contributed by atoms with Crippen LogP contribution in [-0.2, 0) is 6.54 Å². The zero-order valence-electron chi connectivity index (χ0n) is 10.3. The lowest BCUT2D eigenvalue weighted by Crippen LogP contribution is -1.97. The van der Waals surface area contributed by atoms with Gasteiger partial charge in [-0.25, -0.2) is 4.98 Å². The Morgan fingerprint density at radius 3 is 2.89 bits per heavy atom. The molecule has 1 N–H and O–H groups in total. The van der Waals surface area contributed by atoms with Crippen molar-refractivity contribution in [2.45, 2.75) is 13.5 Å². The molecule has 0 fully saturated rings. The molecule has 2 aromatic heterocycles. The lowest BCUT2D eigenvalue weighted by Gasteiger charge is -2.08. The summed E-state index contributed by atoms with van der Waals surface area (Å²) in [6, 6.07) is 7.37. The van der Waals surface area contributed by atoms with E-state index in [1.165, 1.54) is 0 Å². The number of aryl methyl sites for hydroxylation is 1. The summed E-state index contributed by atoms with van der Waals surface area (Å²) in [4.78, 5) is 8.66. The molecular weight excluding hydrogens is 306 g/mol. The number of imidazole rings is 1. The van der Waals surface area contributed by atoms with E-state index >= 15 is 0 Å². The van der Waals surface area contributed by atoms with E-state index in [1.807, 2.05) is 18.2 Å². The second kappa shape index (κ2) is 4.66.